The molecule has 0 aliphatic rings. The summed E-state index contributed by atoms with van der Waals surface area (Å²) in [6, 6.07) is 8.45. The third-order valence-corrected chi connectivity index (χ3v) is 2.15. The van der Waals surface area contributed by atoms with Crippen molar-refractivity contribution in [3.8, 4) is 0 Å². The Hall–Kier alpha value is -1.88. The minimum Gasteiger partial charge on any atom is -0.383 e. The summed E-state index contributed by atoms with van der Waals surface area (Å²) in [6.45, 7) is 0. The molecule has 5 heteroatoms. The highest BCUT2D eigenvalue weighted by atomic mass is 19.1. The van der Waals surface area contributed by atoms with Crippen LogP contribution in [0.5, 0.6) is 0 Å². The molecular formula is C11H8F2N2O. The van der Waals surface area contributed by atoms with Crippen molar-refractivity contribution in [3.63, 3.8) is 0 Å². The van der Waals surface area contributed by atoms with E-state index >= 15 is 0 Å². The average Bonchev–Trinajstić information content (AvgIpc) is 2.29. The van der Waals surface area contributed by atoms with Gasteiger partial charge in [-0.1, -0.05) is 30.3 Å². The second-order valence-corrected chi connectivity index (χ2v) is 3.20. The lowest BCUT2D eigenvalue weighted by molar-refractivity contribution is 0.212. The van der Waals surface area contributed by atoms with Crippen molar-refractivity contribution in [1.82, 2.24) is 9.97 Å². The van der Waals surface area contributed by atoms with Crippen LogP contribution in [-0.4, -0.2) is 15.1 Å². The summed E-state index contributed by atoms with van der Waals surface area (Å²) in [6.07, 6.45) is -1.40. The van der Waals surface area contributed by atoms with Crippen molar-refractivity contribution in [2.75, 3.05) is 0 Å². The van der Waals surface area contributed by atoms with Gasteiger partial charge in [-0.15, -0.1) is 0 Å². The first-order valence-electron chi connectivity index (χ1n) is 4.59. The quantitative estimate of drug-likeness (QED) is 0.623. The number of hydrogen-bond acceptors (Lipinski definition) is 3. The van der Waals surface area contributed by atoms with Crippen molar-refractivity contribution >= 4 is 0 Å². The van der Waals surface area contributed by atoms with Gasteiger partial charge >= 0.3 is 6.08 Å². The largest absolute Gasteiger partial charge is 0.383 e. The van der Waals surface area contributed by atoms with E-state index in [1.165, 1.54) is 0 Å². The topological polar surface area (TPSA) is 46.0 Å². The summed E-state index contributed by atoms with van der Waals surface area (Å²) < 4.78 is 25.7. The molecule has 1 aromatic carbocycles. The minimum absolute atomic E-state index is 0.146. The van der Waals surface area contributed by atoms with E-state index in [0.717, 1.165) is 6.20 Å². The van der Waals surface area contributed by atoms with E-state index in [-0.39, 0.29) is 5.56 Å². The predicted octanol–water partition coefficient (Wildman–Crippen LogP) is 1.84. The summed E-state index contributed by atoms with van der Waals surface area (Å²) in [5, 5.41) is 9.82. The molecule has 0 amide bonds. The van der Waals surface area contributed by atoms with Gasteiger partial charge in [0.1, 0.15) is 6.10 Å². The highest BCUT2D eigenvalue weighted by Gasteiger charge is 2.16. The molecule has 2 rings (SSSR count). The molecule has 1 aromatic heterocycles. The first-order valence-corrected chi connectivity index (χ1v) is 4.59. The van der Waals surface area contributed by atoms with Crippen LogP contribution < -0.4 is 0 Å². The van der Waals surface area contributed by atoms with Gasteiger partial charge in [-0.05, 0) is 5.56 Å². The van der Waals surface area contributed by atoms with E-state index in [1.807, 2.05) is 0 Å². The number of benzene rings is 1. The fraction of sp³-hybridized carbons (Fsp3) is 0.0909. The van der Waals surface area contributed by atoms with Gasteiger partial charge in [0, 0.05) is 6.20 Å². The zero-order chi connectivity index (χ0) is 11.5. The molecule has 0 saturated heterocycles. The molecule has 0 aliphatic heterocycles. The van der Waals surface area contributed by atoms with Gasteiger partial charge in [-0.25, -0.2) is 4.98 Å². The summed E-state index contributed by atoms with van der Waals surface area (Å²) in [7, 11) is 0. The first kappa shape index (κ1) is 10.6. The van der Waals surface area contributed by atoms with Crippen molar-refractivity contribution in [2.24, 2.45) is 0 Å². The summed E-state index contributed by atoms with van der Waals surface area (Å²) >= 11 is 0. The maximum atomic E-state index is 13.2. The van der Waals surface area contributed by atoms with Crippen LogP contribution in [0.25, 0.3) is 0 Å². The molecule has 1 unspecified atom stereocenters. The van der Waals surface area contributed by atoms with E-state index < -0.39 is 18.1 Å². The standard InChI is InChI=1S/C11H8F2N2O/c12-10-8(6-14-11(13)15-10)9(16)7-4-2-1-3-5-7/h1-6,9,16H. The van der Waals surface area contributed by atoms with Crippen molar-refractivity contribution in [1.29, 1.82) is 0 Å². The Morgan fingerprint density at radius 2 is 1.81 bits per heavy atom. The van der Waals surface area contributed by atoms with Crippen LogP contribution in [0.1, 0.15) is 17.2 Å². The van der Waals surface area contributed by atoms with Crippen molar-refractivity contribution < 1.29 is 13.9 Å². The normalized spacial score (nSPS) is 12.4. The Labute approximate surface area is 90.4 Å². The highest BCUT2D eigenvalue weighted by Crippen LogP contribution is 2.22. The maximum Gasteiger partial charge on any atom is 0.311 e. The lowest BCUT2D eigenvalue weighted by atomic mass is 10.0. The smallest absolute Gasteiger partial charge is 0.311 e. The molecule has 2 aromatic rings. The van der Waals surface area contributed by atoms with Gasteiger partial charge < -0.3 is 5.11 Å². The number of aromatic nitrogens is 2. The van der Waals surface area contributed by atoms with Gasteiger partial charge in [0.25, 0.3) is 0 Å². The molecule has 1 N–H and O–H groups in total. The lowest BCUT2D eigenvalue weighted by Gasteiger charge is -2.10. The van der Waals surface area contributed by atoms with Crippen LogP contribution in [0.4, 0.5) is 8.78 Å². The Kier molecular flexibility index (Phi) is 2.87. The molecule has 82 valence electrons. The zero-order valence-electron chi connectivity index (χ0n) is 8.14. The molecule has 16 heavy (non-hydrogen) atoms. The number of nitrogens with zero attached hydrogens (tertiary/aromatic N) is 2. The van der Waals surface area contributed by atoms with Gasteiger partial charge in [0.15, 0.2) is 0 Å². The Bertz CT molecular complexity index is 491. The van der Waals surface area contributed by atoms with E-state index in [0.29, 0.717) is 5.56 Å². The molecule has 3 nitrogen and oxygen atoms in total. The SMILES string of the molecule is OC(c1ccccc1)c1cnc(F)nc1F. The van der Waals surface area contributed by atoms with Crippen LogP contribution in [0.3, 0.4) is 0 Å². The molecule has 0 radical (unpaired) electrons. The lowest BCUT2D eigenvalue weighted by Crippen LogP contribution is -2.06. The van der Waals surface area contributed by atoms with E-state index in [9.17, 15) is 13.9 Å². The van der Waals surface area contributed by atoms with Crippen LogP contribution in [-0.2, 0) is 0 Å². The number of rotatable bonds is 2. The minimum atomic E-state index is -1.19. The molecule has 0 aliphatic carbocycles. The Morgan fingerprint density at radius 3 is 2.44 bits per heavy atom. The fourth-order valence-corrected chi connectivity index (χ4v) is 1.35. The van der Waals surface area contributed by atoms with Gasteiger partial charge in [-0.3, -0.25) is 0 Å². The summed E-state index contributed by atoms with van der Waals surface area (Å²) in [5.41, 5.74) is 0.351. The Balaban J connectivity index is 2.38. The van der Waals surface area contributed by atoms with Gasteiger partial charge in [0.05, 0.1) is 5.56 Å². The van der Waals surface area contributed by atoms with Gasteiger partial charge in [0.2, 0.25) is 5.95 Å². The van der Waals surface area contributed by atoms with Crippen LogP contribution in [0.2, 0.25) is 0 Å². The highest BCUT2D eigenvalue weighted by molar-refractivity contribution is 5.26. The number of aliphatic hydroxyl groups excluding tert-OH is 1. The average molecular weight is 222 g/mol. The maximum absolute atomic E-state index is 13.2. The molecule has 0 bridgehead atoms. The second-order valence-electron chi connectivity index (χ2n) is 3.20. The molecule has 1 heterocycles. The number of hydrogen-bond donors (Lipinski definition) is 1. The van der Waals surface area contributed by atoms with Crippen LogP contribution >= 0.6 is 0 Å². The van der Waals surface area contributed by atoms with E-state index in [4.69, 9.17) is 0 Å². The molecular weight excluding hydrogens is 214 g/mol. The Morgan fingerprint density at radius 1 is 1.12 bits per heavy atom. The van der Waals surface area contributed by atoms with Crippen molar-refractivity contribution in [2.45, 2.75) is 6.10 Å². The third-order valence-electron chi connectivity index (χ3n) is 2.15. The summed E-state index contributed by atoms with van der Waals surface area (Å²) in [5.74, 6) is -1.05. The molecule has 0 saturated carbocycles. The number of halogens is 2. The summed E-state index contributed by atoms with van der Waals surface area (Å²) in [4.78, 5) is 6.12. The van der Waals surface area contributed by atoms with E-state index in [1.54, 1.807) is 30.3 Å². The second kappa shape index (κ2) is 4.32. The third kappa shape index (κ3) is 2.04. The van der Waals surface area contributed by atoms with Crippen LogP contribution in [0, 0.1) is 12.0 Å². The fourth-order valence-electron chi connectivity index (χ4n) is 1.35. The monoisotopic (exact) mass is 222 g/mol. The predicted molar refractivity (Wildman–Crippen MR) is 52.5 cm³/mol. The first-order chi connectivity index (χ1) is 7.68. The molecule has 0 spiro atoms. The number of aliphatic hydroxyl groups is 1. The molecule has 1 atom stereocenters. The van der Waals surface area contributed by atoms with Gasteiger partial charge in [-0.2, -0.15) is 13.8 Å². The molecule has 0 fully saturated rings. The van der Waals surface area contributed by atoms with Crippen LogP contribution in [0.15, 0.2) is 36.5 Å². The van der Waals surface area contributed by atoms with Crippen molar-refractivity contribution in [3.05, 3.63) is 59.7 Å². The zero-order valence-corrected chi connectivity index (χ0v) is 8.14. The van der Waals surface area contributed by atoms with E-state index in [2.05, 4.69) is 9.97 Å².